The number of fused-ring (bicyclic) bond motifs is 1. The SMILES string of the molecule is Cn1cnc2c1C(C(=O)NC1CC1)CN(Cc1ccoc1)C2.O=C(O)C(F)(F)F. The van der Waals surface area contributed by atoms with Gasteiger partial charge in [-0.3, -0.25) is 9.69 Å². The van der Waals surface area contributed by atoms with Gasteiger partial charge in [-0.15, -0.1) is 0 Å². The van der Waals surface area contributed by atoms with Crippen LogP contribution in [0.15, 0.2) is 29.3 Å². The average Bonchev–Trinajstić information content (AvgIpc) is 3.16. The molecule has 0 radical (unpaired) electrons. The van der Waals surface area contributed by atoms with Crippen LogP contribution in [-0.2, 0) is 29.7 Å². The first-order chi connectivity index (χ1) is 13.6. The first kappa shape index (κ1) is 20.9. The van der Waals surface area contributed by atoms with E-state index in [0.717, 1.165) is 49.4 Å². The molecule has 4 rings (SSSR count). The summed E-state index contributed by atoms with van der Waals surface area (Å²) in [6, 6.07) is 2.35. The summed E-state index contributed by atoms with van der Waals surface area (Å²) in [7, 11) is 1.97. The molecule has 1 amide bonds. The lowest BCUT2D eigenvalue weighted by Crippen LogP contribution is -2.42. The van der Waals surface area contributed by atoms with E-state index in [2.05, 4.69) is 15.2 Å². The molecule has 29 heavy (non-hydrogen) atoms. The minimum atomic E-state index is -5.08. The smallest absolute Gasteiger partial charge is 0.475 e. The Morgan fingerprint density at radius 3 is 2.62 bits per heavy atom. The normalized spacial score (nSPS) is 19.1. The fraction of sp³-hybridized carbons (Fsp3) is 0.500. The minimum absolute atomic E-state index is 0.129. The van der Waals surface area contributed by atoms with Crippen LogP contribution >= 0.6 is 0 Å². The van der Waals surface area contributed by atoms with E-state index in [1.807, 2.05) is 24.0 Å². The summed E-state index contributed by atoms with van der Waals surface area (Å²) in [5.74, 6) is -2.78. The van der Waals surface area contributed by atoms with E-state index >= 15 is 0 Å². The average molecular weight is 414 g/mol. The third-order valence-corrected chi connectivity index (χ3v) is 4.68. The molecular formula is C18H21F3N4O4. The predicted octanol–water partition coefficient (Wildman–Crippen LogP) is 2.02. The van der Waals surface area contributed by atoms with Gasteiger partial charge in [-0.1, -0.05) is 0 Å². The molecule has 3 heterocycles. The standard InChI is InChI=1S/C16H20N4O2.C2HF3O2/c1-19-10-17-14-8-20(6-11-4-5-22-9-11)7-13(15(14)19)16(21)18-12-2-3-12;3-2(4,5)1(6)7/h4-5,9-10,12-13H,2-3,6-8H2,1H3,(H,18,21);(H,6,7). The van der Waals surface area contributed by atoms with E-state index in [-0.39, 0.29) is 11.8 Å². The van der Waals surface area contributed by atoms with Crippen molar-refractivity contribution in [2.24, 2.45) is 7.05 Å². The number of hydrogen-bond acceptors (Lipinski definition) is 5. The van der Waals surface area contributed by atoms with Gasteiger partial charge in [0.15, 0.2) is 0 Å². The van der Waals surface area contributed by atoms with Crippen LogP contribution in [0.2, 0.25) is 0 Å². The number of imidazole rings is 1. The number of aromatic nitrogens is 2. The molecule has 1 saturated carbocycles. The molecule has 2 aromatic heterocycles. The Kier molecular flexibility index (Phi) is 5.96. The van der Waals surface area contributed by atoms with Crippen molar-refractivity contribution in [3.05, 3.63) is 41.9 Å². The zero-order chi connectivity index (χ0) is 21.2. The fourth-order valence-corrected chi connectivity index (χ4v) is 3.18. The van der Waals surface area contributed by atoms with Gasteiger partial charge in [-0.25, -0.2) is 9.78 Å². The van der Waals surface area contributed by atoms with Crippen LogP contribution in [0.3, 0.4) is 0 Å². The van der Waals surface area contributed by atoms with Crippen LogP contribution in [0.4, 0.5) is 13.2 Å². The predicted molar refractivity (Wildman–Crippen MR) is 93.6 cm³/mol. The molecule has 2 aromatic rings. The van der Waals surface area contributed by atoms with Gasteiger partial charge in [0.2, 0.25) is 5.91 Å². The van der Waals surface area contributed by atoms with Crippen LogP contribution in [0.1, 0.15) is 35.7 Å². The van der Waals surface area contributed by atoms with Crippen molar-refractivity contribution in [1.29, 1.82) is 0 Å². The fourth-order valence-electron chi connectivity index (χ4n) is 3.18. The zero-order valence-electron chi connectivity index (χ0n) is 15.6. The number of aryl methyl sites for hydroxylation is 1. The van der Waals surface area contributed by atoms with Crippen molar-refractivity contribution >= 4 is 11.9 Å². The van der Waals surface area contributed by atoms with Crippen LogP contribution in [0.5, 0.6) is 0 Å². The third-order valence-electron chi connectivity index (χ3n) is 4.68. The number of amides is 1. The second-order valence-electron chi connectivity index (χ2n) is 7.13. The van der Waals surface area contributed by atoms with Crippen LogP contribution in [0, 0.1) is 0 Å². The van der Waals surface area contributed by atoms with Gasteiger partial charge in [0.25, 0.3) is 0 Å². The quantitative estimate of drug-likeness (QED) is 0.794. The number of carbonyl (C=O) groups is 2. The molecule has 2 N–H and O–H groups in total. The van der Waals surface area contributed by atoms with E-state index in [0.29, 0.717) is 6.04 Å². The highest BCUT2D eigenvalue weighted by atomic mass is 19.4. The number of carboxylic acid groups (broad SMARTS) is 1. The summed E-state index contributed by atoms with van der Waals surface area (Å²) < 4.78 is 38.9. The molecule has 2 aliphatic rings. The molecule has 1 fully saturated rings. The summed E-state index contributed by atoms with van der Waals surface area (Å²) in [5, 5.41) is 10.3. The number of carbonyl (C=O) groups excluding carboxylic acids is 1. The first-order valence-corrected chi connectivity index (χ1v) is 8.99. The molecule has 0 aromatic carbocycles. The largest absolute Gasteiger partial charge is 0.490 e. The van der Waals surface area contributed by atoms with Gasteiger partial charge >= 0.3 is 12.1 Å². The Bertz CT molecular complexity index is 859. The number of hydrogen-bond donors (Lipinski definition) is 2. The Hall–Kier alpha value is -2.82. The number of rotatable bonds is 4. The number of halogens is 3. The second-order valence-corrected chi connectivity index (χ2v) is 7.13. The number of alkyl halides is 3. The van der Waals surface area contributed by atoms with Crippen molar-refractivity contribution < 1.29 is 32.3 Å². The van der Waals surface area contributed by atoms with Gasteiger partial charge in [0.05, 0.1) is 36.2 Å². The van der Waals surface area contributed by atoms with E-state index in [9.17, 15) is 18.0 Å². The van der Waals surface area contributed by atoms with Gasteiger partial charge in [-0.05, 0) is 18.9 Å². The van der Waals surface area contributed by atoms with Gasteiger partial charge in [0.1, 0.15) is 0 Å². The van der Waals surface area contributed by atoms with Crippen LogP contribution in [-0.4, -0.2) is 50.2 Å². The molecular weight excluding hydrogens is 393 g/mol. The maximum atomic E-state index is 12.6. The van der Waals surface area contributed by atoms with Crippen molar-refractivity contribution in [2.75, 3.05) is 6.54 Å². The van der Waals surface area contributed by atoms with Crippen molar-refractivity contribution in [2.45, 2.75) is 44.1 Å². The molecule has 0 saturated heterocycles. The van der Waals surface area contributed by atoms with Crippen molar-refractivity contribution in [1.82, 2.24) is 19.8 Å². The summed E-state index contributed by atoms with van der Waals surface area (Å²) >= 11 is 0. The second kappa shape index (κ2) is 8.27. The highest BCUT2D eigenvalue weighted by Gasteiger charge is 2.38. The number of furan rings is 1. The topological polar surface area (TPSA) is 101 Å². The molecule has 1 atom stereocenters. The lowest BCUT2D eigenvalue weighted by atomic mass is 9.96. The third kappa shape index (κ3) is 5.37. The Balaban J connectivity index is 0.000000298. The Labute approximate surface area is 164 Å². The molecule has 8 nitrogen and oxygen atoms in total. The molecule has 1 aliphatic carbocycles. The molecule has 0 bridgehead atoms. The number of aliphatic carboxylic acids is 1. The molecule has 1 aliphatic heterocycles. The zero-order valence-corrected chi connectivity index (χ0v) is 15.6. The van der Waals surface area contributed by atoms with E-state index in [1.165, 1.54) is 0 Å². The number of nitrogens with one attached hydrogen (secondary N) is 1. The summed E-state index contributed by atoms with van der Waals surface area (Å²) in [6.45, 7) is 2.27. The van der Waals surface area contributed by atoms with E-state index in [1.54, 1.807) is 12.5 Å². The monoisotopic (exact) mass is 414 g/mol. The maximum absolute atomic E-state index is 12.6. The van der Waals surface area contributed by atoms with Crippen LogP contribution in [0.25, 0.3) is 0 Å². The molecule has 11 heteroatoms. The molecule has 158 valence electrons. The van der Waals surface area contributed by atoms with E-state index in [4.69, 9.17) is 14.3 Å². The molecule has 0 spiro atoms. The summed E-state index contributed by atoms with van der Waals surface area (Å²) in [6.07, 6.45) is 2.38. The summed E-state index contributed by atoms with van der Waals surface area (Å²) in [4.78, 5) is 28.3. The van der Waals surface area contributed by atoms with Crippen molar-refractivity contribution in [3.63, 3.8) is 0 Å². The van der Waals surface area contributed by atoms with E-state index < -0.39 is 12.1 Å². The highest BCUT2D eigenvalue weighted by molar-refractivity contribution is 5.84. The first-order valence-electron chi connectivity index (χ1n) is 8.99. The lowest BCUT2D eigenvalue weighted by Gasteiger charge is -2.32. The Morgan fingerprint density at radius 1 is 1.38 bits per heavy atom. The Morgan fingerprint density at radius 2 is 2.07 bits per heavy atom. The lowest BCUT2D eigenvalue weighted by molar-refractivity contribution is -0.192. The van der Waals surface area contributed by atoms with Crippen LogP contribution < -0.4 is 5.32 Å². The van der Waals surface area contributed by atoms with Crippen molar-refractivity contribution in [3.8, 4) is 0 Å². The minimum Gasteiger partial charge on any atom is -0.475 e. The molecule has 1 unspecified atom stereocenters. The van der Waals surface area contributed by atoms with Gasteiger partial charge in [0, 0.05) is 38.3 Å². The summed E-state index contributed by atoms with van der Waals surface area (Å²) in [5.41, 5.74) is 3.19. The highest BCUT2D eigenvalue weighted by Crippen LogP contribution is 2.30. The number of nitrogens with zero attached hydrogens (tertiary/aromatic N) is 3. The number of carboxylic acids is 1. The van der Waals surface area contributed by atoms with Gasteiger partial charge < -0.3 is 19.4 Å². The maximum Gasteiger partial charge on any atom is 0.490 e. The van der Waals surface area contributed by atoms with Gasteiger partial charge in [-0.2, -0.15) is 13.2 Å².